The Hall–Kier alpha value is -0.650. The van der Waals surface area contributed by atoms with Gasteiger partial charge in [0.05, 0.1) is 19.3 Å². The van der Waals surface area contributed by atoms with Crippen LogP contribution < -0.4 is 10.6 Å². The molecule has 2 rings (SSSR count). The highest BCUT2D eigenvalue weighted by atomic mass is 16.5. The van der Waals surface area contributed by atoms with Crippen molar-refractivity contribution in [2.75, 3.05) is 39.3 Å². The molecule has 0 bridgehead atoms. The van der Waals surface area contributed by atoms with E-state index in [1.807, 2.05) is 11.8 Å². The minimum atomic E-state index is 0.0769. The Bertz CT molecular complexity index is 277. The Balaban J connectivity index is 1.76. The van der Waals surface area contributed by atoms with E-state index < -0.39 is 0 Å². The number of carbonyl (C=O) groups excluding carboxylic acids is 1. The summed E-state index contributed by atoms with van der Waals surface area (Å²) in [6.07, 6.45) is 1.25. The van der Waals surface area contributed by atoms with Gasteiger partial charge >= 0.3 is 0 Å². The first kappa shape index (κ1) is 12.8. The van der Waals surface area contributed by atoms with E-state index in [1.165, 1.54) is 0 Å². The van der Waals surface area contributed by atoms with Crippen LogP contribution >= 0.6 is 0 Å². The molecule has 0 radical (unpaired) electrons. The van der Waals surface area contributed by atoms with Crippen LogP contribution in [0.3, 0.4) is 0 Å². The van der Waals surface area contributed by atoms with Gasteiger partial charge in [0.15, 0.2) is 0 Å². The molecular formula is C12H23N3O2. The van der Waals surface area contributed by atoms with E-state index in [9.17, 15) is 4.79 Å². The van der Waals surface area contributed by atoms with Gasteiger partial charge in [-0.25, -0.2) is 0 Å². The Morgan fingerprint density at radius 2 is 2.47 bits per heavy atom. The molecule has 5 nitrogen and oxygen atoms in total. The molecule has 0 aromatic rings. The second kappa shape index (κ2) is 5.33. The molecule has 0 spiro atoms. The second-order valence-corrected chi connectivity index (χ2v) is 5.36. The fourth-order valence-electron chi connectivity index (χ4n) is 2.41. The van der Waals surface area contributed by atoms with Crippen molar-refractivity contribution >= 4 is 5.91 Å². The number of hydrogen-bond donors (Lipinski definition) is 2. The molecule has 2 N–H and O–H groups in total. The van der Waals surface area contributed by atoms with Crippen molar-refractivity contribution < 1.29 is 9.53 Å². The highest BCUT2D eigenvalue weighted by Crippen LogP contribution is 2.13. The zero-order valence-electron chi connectivity index (χ0n) is 10.8. The Labute approximate surface area is 103 Å². The lowest BCUT2D eigenvalue weighted by Crippen LogP contribution is -2.52. The van der Waals surface area contributed by atoms with Gasteiger partial charge in [-0.15, -0.1) is 0 Å². The number of carbonyl (C=O) groups is 1. The van der Waals surface area contributed by atoms with E-state index in [2.05, 4.69) is 17.6 Å². The first-order valence-electron chi connectivity index (χ1n) is 6.44. The van der Waals surface area contributed by atoms with Crippen LogP contribution in [0.2, 0.25) is 0 Å². The average Bonchev–Trinajstić information content (AvgIpc) is 2.74. The normalized spacial score (nSPS) is 34.0. The highest BCUT2D eigenvalue weighted by Gasteiger charge is 2.29. The van der Waals surface area contributed by atoms with Crippen LogP contribution in [0.4, 0.5) is 0 Å². The SMILES string of the molecule is CC1CN(C(=O)CNC2(C)CCNC2)CCO1. The Morgan fingerprint density at radius 3 is 3.12 bits per heavy atom. The number of nitrogens with zero attached hydrogens (tertiary/aromatic N) is 1. The molecule has 0 aliphatic carbocycles. The van der Waals surface area contributed by atoms with Crippen LogP contribution in [0.1, 0.15) is 20.3 Å². The maximum atomic E-state index is 12.0. The third-order valence-electron chi connectivity index (χ3n) is 3.63. The molecule has 0 aromatic carbocycles. The van der Waals surface area contributed by atoms with Gasteiger partial charge < -0.3 is 20.3 Å². The van der Waals surface area contributed by atoms with Gasteiger partial charge in [-0.1, -0.05) is 0 Å². The van der Waals surface area contributed by atoms with E-state index >= 15 is 0 Å². The Kier molecular flexibility index (Phi) is 4.01. The summed E-state index contributed by atoms with van der Waals surface area (Å²) >= 11 is 0. The minimum Gasteiger partial charge on any atom is -0.375 e. The smallest absolute Gasteiger partial charge is 0.236 e. The van der Waals surface area contributed by atoms with E-state index in [0.717, 1.165) is 32.6 Å². The lowest BCUT2D eigenvalue weighted by atomic mass is 10.0. The lowest BCUT2D eigenvalue weighted by molar-refractivity contribution is -0.137. The molecule has 2 fully saturated rings. The molecule has 2 aliphatic rings. The molecule has 0 saturated carbocycles. The monoisotopic (exact) mass is 241 g/mol. The number of morpholine rings is 1. The molecule has 2 atom stereocenters. The van der Waals surface area contributed by atoms with Crippen LogP contribution in [0.5, 0.6) is 0 Å². The van der Waals surface area contributed by atoms with Gasteiger partial charge in [-0.2, -0.15) is 0 Å². The predicted octanol–water partition coefficient (Wildman–Crippen LogP) is -0.425. The largest absolute Gasteiger partial charge is 0.375 e. The van der Waals surface area contributed by atoms with Crippen molar-refractivity contribution in [1.82, 2.24) is 15.5 Å². The number of amides is 1. The molecule has 2 aliphatic heterocycles. The number of nitrogens with one attached hydrogen (secondary N) is 2. The summed E-state index contributed by atoms with van der Waals surface area (Å²) in [5.41, 5.74) is 0.0769. The van der Waals surface area contributed by atoms with Gasteiger partial charge in [0, 0.05) is 25.2 Å². The quantitative estimate of drug-likeness (QED) is 0.704. The van der Waals surface area contributed by atoms with Crippen LogP contribution in [-0.2, 0) is 9.53 Å². The molecule has 98 valence electrons. The zero-order valence-corrected chi connectivity index (χ0v) is 10.8. The summed E-state index contributed by atoms with van der Waals surface area (Å²) < 4.78 is 5.43. The van der Waals surface area contributed by atoms with Gasteiger partial charge in [0.25, 0.3) is 0 Å². The van der Waals surface area contributed by atoms with Crippen LogP contribution in [0.25, 0.3) is 0 Å². The summed E-state index contributed by atoms with van der Waals surface area (Å²) in [4.78, 5) is 13.9. The Morgan fingerprint density at radius 1 is 1.65 bits per heavy atom. The third-order valence-corrected chi connectivity index (χ3v) is 3.63. The molecule has 1 amide bonds. The van der Waals surface area contributed by atoms with Crippen molar-refractivity contribution in [3.63, 3.8) is 0 Å². The molecule has 17 heavy (non-hydrogen) atoms. The van der Waals surface area contributed by atoms with Gasteiger partial charge in [0.2, 0.25) is 5.91 Å². The summed E-state index contributed by atoms with van der Waals surface area (Å²) in [6.45, 7) is 8.69. The summed E-state index contributed by atoms with van der Waals surface area (Å²) in [7, 11) is 0. The first-order valence-corrected chi connectivity index (χ1v) is 6.44. The highest BCUT2D eigenvalue weighted by molar-refractivity contribution is 5.78. The molecule has 2 saturated heterocycles. The van der Waals surface area contributed by atoms with Crippen molar-refractivity contribution in [3.8, 4) is 0 Å². The molecule has 5 heteroatoms. The van der Waals surface area contributed by atoms with Gasteiger partial charge in [0.1, 0.15) is 0 Å². The summed E-state index contributed by atoms with van der Waals surface area (Å²) in [5.74, 6) is 0.188. The maximum absolute atomic E-state index is 12.0. The average molecular weight is 241 g/mol. The molecule has 2 unspecified atom stereocenters. The van der Waals surface area contributed by atoms with E-state index in [0.29, 0.717) is 13.2 Å². The summed E-state index contributed by atoms with van der Waals surface area (Å²) in [5, 5.41) is 6.69. The summed E-state index contributed by atoms with van der Waals surface area (Å²) in [6, 6.07) is 0. The van der Waals surface area contributed by atoms with E-state index in [-0.39, 0.29) is 17.6 Å². The number of rotatable bonds is 3. The van der Waals surface area contributed by atoms with Crippen molar-refractivity contribution in [3.05, 3.63) is 0 Å². The third kappa shape index (κ3) is 3.40. The topological polar surface area (TPSA) is 53.6 Å². The minimum absolute atomic E-state index is 0.0769. The zero-order chi connectivity index (χ0) is 12.3. The van der Waals surface area contributed by atoms with Crippen LogP contribution in [0, 0.1) is 0 Å². The van der Waals surface area contributed by atoms with E-state index in [4.69, 9.17) is 4.74 Å². The van der Waals surface area contributed by atoms with Gasteiger partial charge in [-0.3, -0.25) is 4.79 Å². The van der Waals surface area contributed by atoms with E-state index in [1.54, 1.807) is 0 Å². The number of hydrogen-bond acceptors (Lipinski definition) is 4. The first-order chi connectivity index (χ1) is 8.09. The standard InChI is InChI=1S/C12H23N3O2/c1-10-8-15(5-6-17-10)11(16)7-14-12(2)3-4-13-9-12/h10,13-14H,3-9H2,1-2H3. The molecular weight excluding hydrogens is 218 g/mol. The fourth-order valence-corrected chi connectivity index (χ4v) is 2.41. The van der Waals surface area contributed by atoms with Crippen molar-refractivity contribution in [2.24, 2.45) is 0 Å². The molecule has 2 heterocycles. The lowest BCUT2D eigenvalue weighted by Gasteiger charge is -2.32. The van der Waals surface area contributed by atoms with Crippen LogP contribution in [-0.4, -0.2) is 61.8 Å². The maximum Gasteiger partial charge on any atom is 0.236 e. The fraction of sp³-hybridized carbons (Fsp3) is 0.917. The molecule has 0 aromatic heterocycles. The second-order valence-electron chi connectivity index (χ2n) is 5.36. The van der Waals surface area contributed by atoms with Crippen LogP contribution in [0.15, 0.2) is 0 Å². The van der Waals surface area contributed by atoms with Gasteiger partial charge in [-0.05, 0) is 26.8 Å². The number of ether oxygens (including phenoxy) is 1. The van der Waals surface area contributed by atoms with Crippen molar-refractivity contribution in [2.45, 2.75) is 31.9 Å². The predicted molar refractivity (Wildman–Crippen MR) is 65.9 cm³/mol. The van der Waals surface area contributed by atoms with Crippen molar-refractivity contribution in [1.29, 1.82) is 0 Å².